The molecular weight excluding hydrogens is 248 g/mol. The van der Waals surface area contributed by atoms with Crippen molar-refractivity contribution in [3.8, 4) is 0 Å². The molecule has 0 spiro atoms. The lowest BCUT2D eigenvalue weighted by molar-refractivity contribution is -0.0604. The predicted molar refractivity (Wildman–Crippen MR) is 85.9 cm³/mol. The average molecular weight is 284 g/mol. The van der Waals surface area contributed by atoms with E-state index < -0.39 is 0 Å². The van der Waals surface area contributed by atoms with Crippen LogP contribution in [0, 0.1) is 29.1 Å². The molecule has 2 unspecified atom stereocenters. The Bertz CT molecular complexity index is 246. The summed E-state index contributed by atoms with van der Waals surface area (Å²) >= 11 is 0. The quantitative estimate of drug-likeness (QED) is 0.639. The Kier molecular flexibility index (Phi) is 7.53. The van der Waals surface area contributed by atoms with Crippen molar-refractivity contribution in [1.82, 2.24) is 0 Å². The molecule has 0 N–H and O–H groups in total. The van der Waals surface area contributed by atoms with E-state index in [1.165, 1.54) is 32.1 Å². The fourth-order valence-corrected chi connectivity index (χ4v) is 4.22. The van der Waals surface area contributed by atoms with Crippen molar-refractivity contribution in [1.29, 1.82) is 0 Å². The number of hydrogen-bond donors (Lipinski definition) is 0. The van der Waals surface area contributed by atoms with Crippen LogP contribution >= 0.6 is 0 Å². The first-order chi connectivity index (χ1) is 9.43. The van der Waals surface area contributed by atoms with Crippen LogP contribution in [-0.4, -0.2) is 27.4 Å². The van der Waals surface area contributed by atoms with Gasteiger partial charge in [-0.15, -0.1) is 0 Å². The Hall–Kier alpha value is -0.0800. The van der Waals surface area contributed by atoms with Gasteiger partial charge in [-0.25, -0.2) is 0 Å². The van der Waals surface area contributed by atoms with Crippen molar-refractivity contribution in [2.45, 2.75) is 59.8 Å². The molecule has 1 aliphatic rings. The van der Waals surface area contributed by atoms with Crippen molar-refractivity contribution >= 4 is 0 Å². The zero-order valence-electron chi connectivity index (χ0n) is 14.6. The molecule has 0 aromatic rings. The summed E-state index contributed by atoms with van der Waals surface area (Å²) < 4.78 is 11.3. The summed E-state index contributed by atoms with van der Waals surface area (Å²) in [6.45, 7) is 11.1. The van der Waals surface area contributed by atoms with Crippen molar-refractivity contribution in [2.24, 2.45) is 29.1 Å². The molecule has 0 bridgehead atoms. The third-order valence-corrected chi connectivity index (χ3v) is 5.13. The maximum Gasteiger partial charge on any atom is 0.0543 e. The minimum Gasteiger partial charge on any atom is -0.384 e. The highest BCUT2D eigenvalue weighted by Gasteiger charge is 2.42. The third kappa shape index (κ3) is 5.04. The monoisotopic (exact) mass is 284 g/mol. The van der Waals surface area contributed by atoms with Gasteiger partial charge in [0.25, 0.3) is 0 Å². The van der Waals surface area contributed by atoms with E-state index in [0.29, 0.717) is 0 Å². The van der Waals surface area contributed by atoms with Gasteiger partial charge in [-0.3, -0.25) is 0 Å². The Morgan fingerprint density at radius 1 is 0.950 bits per heavy atom. The van der Waals surface area contributed by atoms with E-state index in [0.717, 1.165) is 36.9 Å². The highest BCUT2D eigenvalue weighted by Crippen LogP contribution is 2.46. The Morgan fingerprint density at radius 3 is 1.85 bits per heavy atom. The van der Waals surface area contributed by atoms with Crippen LogP contribution in [0.4, 0.5) is 0 Å². The summed E-state index contributed by atoms with van der Waals surface area (Å²) in [6.07, 6.45) is 6.57. The van der Waals surface area contributed by atoms with E-state index in [2.05, 4.69) is 27.7 Å². The van der Waals surface area contributed by atoms with E-state index in [1.54, 1.807) is 0 Å². The molecule has 120 valence electrons. The molecule has 1 fully saturated rings. The normalized spacial score (nSPS) is 28.1. The smallest absolute Gasteiger partial charge is 0.0543 e. The summed E-state index contributed by atoms with van der Waals surface area (Å²) in [6, 6.07) is 0. The first-order valence-corrected chi connectivity index (χ1v) is 8.41. The highest BCUT2D eigenvalue weighted by molar-refractivity contribution is 4.91. The fraction of sp³-hybridized carbons (Fsp3) is 1.00. The van der Waals surface area contributed by atoms with Gasteiger partial charge < -0.3 is 9.47 Å². The van der Waals surface area contributed by atoms with Crippen molar-refractivity contribution in [3.63, 3.8) is 0 Å². The van der Waals surface area contributed by atoms with E-state index in [4.69, 9.17) is 9.47 Å². The van der Waals surface area contributed by atoms with Gasteiger partial charge in [0, 0.05) is 19.6 Å². The van der Waals surface area contributed by atoms with Gasteiger partial charge >= 0.3 is 0 Å². The van der Waals surface area contributed by atoms with Crippen LogP contribution in [0.15, 0.2) is 0 Å². The van der Waals surface area contributed by atoms with Gasteiger partial charge in [-0.1, -0.05) is 34.1 Å². The lowest BCUT2D eigenvalue weighted by atomic mass is 9.62. The molecule has 0 radical (unpaired) electrons. The Morgan fingerprint density at radius 2 is 1.45 bits per heavy atom. The molecule has 2 heteroatoms. The summed E-state index contributed by atoms with van der Waals surface area (Å²) in [5, 5.41) is 0. The molecule has 20 heavy (non-hydrogen) atoms. The first-order valence-electron chi connectivity index (χ1n) is 8.41. The molecule has 2 nitrogen and oxygen atoms in total. The molecule has 0 saturated heterocycles. The summed E-state index contributed by atoms with van der Waals surface area (Å²) in [7, 11) is 3.69. The number of methoxy groups -OCH3 is 2. The van der Waals surface area contributed by atoms with E-state index in [-0.39, 0.29) is 5.41 Å². The molecule has 0 aliphatic heterocycles. The van der Waals surface area contributed by atoms with E-state index in [1.807, 2.05) is 14.2 Å². The molecule has 0 aromatic heterocycles. The van der Waals surface area contributed by atoms with Crippen molar-refractivity contribution < 1.29 is 9.47 Å². The molecule has 0 amide bonds. The van der Waals surface area contributed by atoms with Crippen LogP contribution in [0.1, 0.15) is 59.8 Å². The summed E-state index contributed by atoms with van der Waals surface area (Å²) in [5.41, 5.74) is 0.219. The minimum absolute atomic E-state index is 0.219. The molecule has 1 aliphatic carbocycles. The second-order valence-corrected chi connectivity index (χ2v) is 7.78. The topological polar surface area (TPSA) is 18.5 Å². The molecule has 0 aromatic carbocycles. The molecular formula is C18H36O2. The summed E-state index contributed by atoms with van der Waals surface area (Å²) in [4.78, 5) is 0. The van der Waals surface area contributed by atoms with Crippen LogP contribution in [0.2, 0.25) is 0 Å². The lowest BCUT2D eigenvalue weighted by Gasteiger charge is -2.45. The molecule has 1 saturated carbocycles. The zero-order chi connectivity index (χ0) is 15.2. The first kappa shape index (κ1) is 18.0. The van der Waals surface area contributed by atoms with Crippen molar-refractivity contribution in [3.05, 3.63) is 0 Å². The van der Waals surface area contributed by atoms with E-state index >= 15 is 0 Å². The van der Waals surface area contributed by atoms with Crippen LogP contribution in [0.3, 0.4) is 0 Å². The number of rotatable bonds is 8. The second kappa shape index (κ2) is 8.38. The Labute approximate surface area is 126 Å². The highest BCUT2D eigenvalue weighted by atomic mass is 16.5. The number of ether oxygens (including phenoxy) is 2. The van der Waals surface area contributed by atoms with Gasteiger partial charge in [0.2, 0.25) is 0 Å². The largest absolute Gasteiger partial charge is 0.384 e. The zero-order valence-corrected chi connectivity index (χ0v) is 14.6. The minimum atomic E-state index is 0.219. The van der Waals surface area contributed by atoms with Crippen molar-refractivity contribution in [2.75, 3.05) is 27.4 Å². The van der Waals surface area contributed by atoms with Gasteiger partial charge in [-0.05, 0) is 49.4 Å². The molecule has 0 heterocycles. The second-order valence-electron chi connectivity index (χ2n) is 7.78. The van der Waals surface area contributed by atoms with Gasteiger partial charge in [-0.2, -0.15) is 0 Å². The lowest BCUT2D eigenvalue weighted by Crippen LogP contribution is -2.43. The SMILES string of the molecule is COCC(CCC(C)C)(COC)C1CC(C)CC(C)C1. The van der Waals surface area contributed by atoms with Gasteiger partial charge in [0.05, 0.1) is 13.2 Å². The van der Waals surface area contributed by atoms with Crippen LogP contribution in [0.5, 0.6) is 0 Å². The average Bonchev–Trinajstić information content (AvgIpc) is 2.35. The van der Waals surface area contributed by atoms with E-state index in [9.17, 15) is 0 Å². The standard InChI is InChI=1S/C18H36O2/c1-14(2)7-8-18(12-19-5,13-20-6)17-10-15(3)9-16(4)11-17/h14-17H,7-13H2,1-6H3. The molecule has 1 rings (SSSR count). The van der Waals surface area contributed by atoms with Crippen LogP contribution < -0.4 is 0 Å². The van der Waals surface area contributed by atoms with Crippen LogP contribution in [-0.2, 0) is 9.47 Å². The fourth-order valence-electron chi connectivity index (χ4n) is 4.22. The molecule has 2 atom stereocenters. The maximum atomic E-state index is 5.64. The van der Waals surface area contributed by atoms with Gasteiger partial charge in [0.15, 0.2) is 0 Å². The Balaban J connectivity index is 2.87. The maximum absolute atomic E-state index is 5.64. The van der Waals surface area contributed by atoms with Gasteiger partial charge in [0.1, 0.15) is 0 Å². The predicted octanol–water partition coefficient (Wildman–Crippen LogP) is 4.77. The van der Waals surface area contributed by atoms with Crippen LogP contribution in [0.25, 0.3) is 0 Å². The number of hydrogen-bond acceptors (Lipinski definition) is 2. The summed E-state index contributed by atoms with van der Waals surface area (Å²) in [5.74, 6) is 3.19. The third-order valence-electron chi connectivity index (χ3n) is 5.13.